The van der Waals surface area contributed by atoms with Crippen LogP contribution in [0.3, 0.4) is 0 Å². The van der Waals surface area contributed by atoms with Crippen LogP contribution in [-0.2, 0) is 12.6 Å². The van der Waals surface area contributed by atoms with Crippen LogP contribution in [-0.4, -0.2) is 4.98 Å². The maximum absolute atomic E-state index is 12.7. The number of alkyl halides is 3. The fourth-order valence-electron chi connectivity index (χ4n) is 1.92. The number of hydrogen-bond donors (Lipinski definition) is 2. The first kappa shape index (κ1) is 15.0. The van der Waals surface area contributed by atoms with Gasteiger partial charge in [-0.1, -0.05) is 12.1 Å². The summed E-state index contributed by atoms with van der Waals surface area (Å²) in [6, 6.07) is 4.76. The Bertz CT molecular complexity index is 580. The van der Waals surface area contributed by atoms with E-state index in [4.69, 9.17) is 5.84 Å². The Labute approximate surface area is 118 Å². The molecule has 1 aromatic carbocycles. The van der Waals surface area contributed by atoms with E-state index in [1.54, 1.807) is 6.07 Å². The molecule has 0 amide bonds. The smallest absolute Gasteiger partial charge is 0.271 e. The highest BCUT2D eigenvalue weighted by Crippen LogP contribution is 2.31. The van der Waals surface area contributed by atoms with Crippen molar-refractivity contribution in [1.29, 1.82) is 0 Å². The highest BCUT2D eigenvalue weighted by molar-refractivity contribution is 7.09. The summed E-state index contributed by atoms with van der Waals surface area (Å²) in [4.78, 5) is 4.30. The van der Waals surface area contributed by atoms with Crippen molar-refractivity contribution in [1.82, 2.24) is 10.4 Å². The summed E-state index contributed by atoms with van der Waals surface area (Å²) in [5, 5.41) is 2.80. The largest absolute Gasteiger partial charge is 0.416 e. The standard InChI is InChI=1S/C13H14F3N3S/c1-8-18-11(7-20-8)6-12(19-17)9-3-2-4-10(5-9)13(14,15)16/h2-5,7,12,19H,6,17H2,1H3. The summed E-state index contributed by atoms with van der Waals surface area (Å²) in [7, 11) is 0. The molecule has 20 heavy (non-hydrogen) atoms. The van der Waals surface area contributed by atoms with Gasteiger partial charge >= 0.3 is 6.18 Å². The molecule has 0 bridgehead atoms. The van der Waals surface area contributed by atoms with Crippen LogP contribution in [0.4, 0.5) is 13.2 Å². The quantitative estimate of drug-likeness (QED) is 0.673. The Morgan fingerprint density at radius 1 is 1.40 bits per heavy atom. The summed E-state index contributed by atoms with van der Waals surface area (Å²) in [6.45, 7) is 1.88. The number of nitrogens with zero attached hydrogens (tertiary/aromatic N) is 1. The van der Waals surface area contributed by atoms with Crippen LogP contribution in [0.1, 0.15) is 27.9 Å². The molecule has 7 heteroatoms. The fourth-order valence-corrected chi connectivity index (χ4v) is 2.54. The van der Waals surface area contributed by atoms with E-state index in [0.29, 0.717) is 12.0 Å². The molecule has 0 aliphatic rings. The van der Waals surface area contributed by atoms with E-state index >= 15 is 0 Å². The topological polar surface area (TPSA) is 50.9 Å². The number of hydrogen-bond acceptors (Lipinski definition) is 4. The van der Waals surface area contributed by atoms with Crippen molar-refractivity contribution in [3.8, 4) is 0 Å². The molecule has 1 atom stereocenters. The first-order valence-corrected chi connectivity index (χ1v) is 6.82. The summed E-state index contributed by atoms with van der Waals surface area (Å²) >= 11 is 1.50. The molecule has 0 radical (unpaired) electrons. The van der Waals surface area contributed by atoms with Gasteiger partial charge in [0.25, 0.3) is 0 Å². The third kappa shape index (κ3) is 3.56. The predicted molar refractivity (Wildman–Crippen MR) is 72.1 cm³/mol. The van der Waals surface area contributed by atoms with Gasteiger partial charge in [-0.3, -0.25) is 11.3 Å². The Morgan fingerprint density at radius 3 is 2.70 bits per heavy atom. The fraction of sp³-hybridized carbons (Fsp3) is 0.308. The highest BCUT2D eigenvalue weighted by atomic mass is 32.1. The molecular weight excluding hydrogens is 287 g/mol. The number of nitrogens with two attached hydrogens (primary N) is 1. The molecule has 108 valence electrons. The zero-order valence-corrected chi connectivity index (χ0v) is 11.6. The maximum atomic E-state index is 12.7. The van der Waals surface area contributed by atoms with Crippen LogP contribution in [0.5, 0.6) is 0 Å². The Balaban J connectivity index is 2.23. The molecule has 1 aromatic heterocycles. The molecule has 1 unspecified atom stereocenters. The van der Waals surface area contributed by atoms with Crippen molar-refractivity contribution in [2.45, 2.75) is 25.6 Å². The van der Waals surface area contributed by atoms with Gasteiger partial charge in [-0.25, -0.2) is 4.98 Å². The van der Waals surface area contributed by atoms with E-state index in [2.05, 4.69) is 10.4 Å². The van der Waals surface area contributed by atoms with E-state index < -0.39 is 17.8 Å². The molecule has 0 fully saturated rings. The van der Waals surface area contributed by atoms with Gasteiger partial charge in [0.05, 0.1) is 22.3 Å². The number of aromatic nitrogens is 1. The second-order valence-electron chi connectivity index (χ2n) is 4.40. The molecule has 3 N–H and O–H groups in total. The molecule has 0 spiro atoms. The van der Waals surface area contributed by atoms with E-state index in [1.807, 2.05) is 12.3 Å². The first-order chi connectivity index (χ1) is 9.40. The molecule has 0 aliphatic carbocycles. The third-order valence-electron chi connectivity index (χ3n) is 2.90. The van der Waals surface area contributed by atoms with Gasteiger partial charge in [0, 0.05) is 11.8 Å². The third-order valence-corrected chi connectivity index (χ3v) is 3.72. The Hall–Kier alpha value is -1.44. The summed E-state index contributed by atoms with van der Waals surface area (Å²) in [5.41, 5.74) is 3.18. The van der Waals surface area contributed by atoms with Crippen molar-refractivity contribution < 1.29 is 13.2 Å². The summed E-state index contributed by atoms with van der Waals surface area (Å²) < 4.78 is 38.1. The lowest BCUT2D eigenvalue weighted by molar-refractivity contribution is -0.137. The van der Waals surface area contributed by atoms with Crippen LogP contribution < -0.4 is 11.3 Å². The van der Waals surface area contributed by atoms with E-state index in [1.165, 1.54) is 17.4 Å². The van der Waals surface area contributed by atoms with Crippen LogP contribution in [0.2, 0.25) is 0 Å². The SMILES string of the molecule is Cc1nc(CC(NN)c2cccc(C(F)(F)F)c2)cs1. The van der Waals surface area contributed by atoms with Crippen LogP contribution in [0, 0.1) is 6.92 Å². The van der Waals surface area contributed by atoms with E-state index in [9.17, 15) is 13.2 Å². The number of halogens is 3. The van der Waals surface area contributed by atoms with Gasteiger partial charge in [-0.2, -0.15) is 13.2 Å². The predicted octanol–water partition coefficient (Wildman–Crippen LogP) is 3.22. The molecule has 0 aliphatic heterocycles. The average molecular weight is 301 g/mol. The van der Waals surface area contributed by atoms with Gasteiger partial charge in [-0.15, -0.1) is 11.3 Å². The van der Waals surface area contributed by atoms with Crippen molar-refractivity contribution in [3.05, 3.63) is 51.5 Å². The molecule has 1 heterocycles. The van der Waals surface area contributed by atoms with Crippen LogP contribution in [0.25, 0.3) is 0 Å². The Kier molecular flexibility index (Phi) is 4.42. The lowest BCUT2D eigenvalue weighted by Gasteiger charge is -2.17. The first-order valence-electron chi connectivity index (χ1n) is 5.94. The van der Waals surface area contributed by atoms with Crippen molar-refractivity contribution in [2.75, 3.05) is 0 Å². The number of thiazole rings is 1. The molecular formula is C13H14F3N3S. The number of rotatable bonds is 4. The maximum Gasteiger partial charge on any atom is 0.416 e. The summed E-state index contributed by atoms with van der Waals surface area (Å²) in [5.74, 6) is 5.46. The molecule has 0 saturated carbocycles. The number of nitrogens with one attached hydrogen (secondary N) is 1. The van der Waals surface area contributed by atoms with Gasteiger partial charge in [0.1, 0.15) is 0 Å². The van der Waals surface area contributed by atoms with E-state index in [-0.39, 0.29) is 0 Å². The monoisotopic (exact) mass is 301 g/mol. The van der Waals surface area contributed by atoms with E-state index in [0.717, 1.165) is 22.8 Å². The second-order valence-corrected chi connectivity index (χ2v) is 5.47. The lowest BCUT2D eigenvalue weighted by Crippen LogP contribution is -2.30. The Morgan fingerprint density at radius 2 is 2.15 bits per heavy atom. The number of aryl methyl sites for hydroxylation is 1. The van der Waals surface area contributed by atoms with Crippen LogP contribution in [0.15, 0.2) is 29.6 Å². The minimum Gasteiger partial charge on any atom is -0.271 e. The zero-order valence-electron chi connectivity index (χ0n) is 10.7. The second kappa shape index (κ2) is 5.90. The van der Waals surface area contributed by atoms with Gasteiger partial charge in [-0.05, 0) is 24.6 Å². The lowest BCUT2D eigenvalue weighted by atomic mass is 10.0. The molecule has 3 nitrogen and oxygen atoms in total. The van der Waals surface area contributed by atoms with Gasteiger partial charge in [0.2, 0.25) is 0 Å². The summed E-state index contributed by atoms with van der Waals surface area (Å²) in [6.07, 6.45) is -3.91. The number of benzene rings is 1. The van der Waals surface area contributed by atoms with Crippen molar-refractivity contribution >= 4 is 11.3 Å². The average Bonchev–Trinajstić information content (AvgIpc) is 2.81. The van der Waals surface area contributed by atoms with Crippen molar-refractivity contribution in [2.24, 2.45) is 5.84 Å². The zero-order chi connectivity index (χ0) is 14.8. The molecule has 0 saturated heterocycles. The highest BCUT2D eigenvalue weighted by Gasteiger charge is 2.31. The normalized spacial score (nSPS) is 13.4. The van der Waals surface area contributed by atoms with Crippen LogP contribution >= 0.6 is 11.3 Å². The van der Waals surface area contributed by atoms with Gasteiger partial charge in [0.15, 0.2) is 0 Å². The molecule has 2 aromatic rings. The minimum absolute atomic E-state index is 0.404. The minimum atomic E-state index is -4.35. The van der Waals surface area contributed by atoms with Crippen molar-refractivity contribution in [3.63, 3.8) is 0 Å². The molecule has 2 rings (SSSR count). The number of hydrazine groups is 1. The van der Waals surface area contributed by atoms with Gasteiger partial charge < -0.3 is 0 Å².